The van der Waals surface area contributed by atoms with Gasteiger partial charge in [-0.2, -0.15) is 0 Å². The van der Waals surface area contributed by atoms with Gasteiger partial charge in [-0.1, -0.05) is 23.2 Å². The lowest BCUT2D eigenvalue weighted by Gasteiger charge is -2.01. The van der Waals surface area contributed by atoms with Crippen molar-refractivity contribution in [1.29, 1.82) is 0 Å². The molecule has 0 aliphatic carbocycles. The minimum Gasteiger partial charge on any atom is -0.122 e. The average Bonchev–Trinajstić information content (AvgIpc) is 1.99. The molecule has 0 heterocycles. The van der Waals surface area contributed by atoms with Crippen LogP contribution in [0.3, 0.4) is 0 Å². The maximum Gasteiger partial charge on any atom is 0.0725 e. The van der Waals surface area contributed by atoms with Gasteiger partial charge < -0.3 is 0 Å². The first-order valence-electron chi connectivity index (χ1n) is 2.84. The van der Waals surface area contributed by atoms with Crippen molar-refractivity contribution in [2.45, 2.75) is 5.88 Å². The SMILES string of the molecule is ClCc1cc(Cl)c(Cl)c(I)c1. The predicted molar refractivity (Wildman–Crippen MR) is 58.7 cm³/mol. The number of halogens is 4. The Labute approximate surface area is 94.0 Å². The number of alkyl halides is 1. The molecule has 0 fully saturated rings. The normalized spacial score (nSPS) is 10.2. The van der Waals surface area contributed by atoms with E-state index in [1.165, 1.54) is 0 Å². The highest BCUT2D eigenvalue weighted by molar-refractivity contribution is 14.1. The Hall–Kier alpha value is 0.820. The zero-order valence-corrected chi connectivity index (χ0v) is 9.80. The van der Waals surface area contributed by atoms with Crippen LogP contribution in [-0.4, -0.2) is 0 Å². The van der Waals surface area contributed by atoms with Crippen LogP contribution in [0.5, 0.6) is 0 Å². The van der Waals surface area contributed by atoms with Crippen LogP contribution in [0.1, 0.15) is 5.56 Å². The Bertz CT molecular complexity index is 249. The van der Waals surface area contributed by atoms with Crippen molar-refractivity contribution < 1.29 is 0 Å². The van der Waals surface area contributed by atoms with Gasteiger partial charge in [0.15, 0.2) is 0 Å². The molecule has 11 heavy (non-hydrogen) atoms. The van der Waals surface area contributed by atoms with Crippen LogP contribution in [0.4, 0.5) is 0 Å². The van der Waals surface area contributed by atoms with Gasteiger partial charge in [0.05, 0.1) is 10.0 Å². The third-order valence-electron chi connectivity index (χ3n) is 1.20. The molecule has 0 spiro atoms. The molecule has 0 radical (unpaired) electrons. The molecular formula is C7H4Cl3I. The second-order valence-electron chi connectivity index (χ2n) is 2.01. The van der Waals surface area contributed by atoms with Crippen LogP contribution in [0.25, 0.3) is 0 Å². The summed E-state index contributed by atoms with van der Waals surface area (Å²) in [6.07, 6.45) is 0. The minimum atomic E-state index is 0.465. The summed E-state index contributed by atoms with van der Waals surface area (Å²) in [5.74, 6) is 0.465. The molecule has 0 aromatic heterocycles. The summed E-state index contributed by atoms with van der Waals surface area (Å²) >= 11 is 19.4. The van der Waals surface area contributed by atoms with E-state index in [1.54, 1.807) is 6.07 Å². The van der Waals surface area contributed by atoms with E-state index in [0.29, 0.717) is 15.9 Å². The summed E-state index contributed by atoms with van der Waals surface area (Å²) < 4.78 is 0.937. The van der Waals surface area contributed by atoms with Gasteiger partial charge in [-0.3, -0.25) is 0 Å². The monoisotopic (exact) mass is 320 g/mol. The van der Waals surface area contributed by atoms with E-state index in [-0.39, 0.29) is 0 Å². The quantitative estimate of drug-likeness (QED) is 0.410. The third-order valence-corrected chi connectivity index (χ3v) is 3.48. The first-order valence-corrected chi connectivity index (χ1v) is 5.21. The largest absolute Gasteiger partial charge is 0.122 e. The maximum absolute atomic E-state index is 5.82. The lowest BCUT2D eigenvalue weighted by Crippen LogP contribution is -1.82. The van der Waals surface area contributed by atoms with Gasteiger partial charge in [0.25, 0.3) is 0 Å². The highest BCUT2D eigenvalue weighted by atomic mass is 127. The van der Waals surface area contributed by atoms with Crippen molar-refractivity contribution in [3.8, 4) is 0 Å². The number of rotatable bonds is 1. The molecule has 1 aromatic carbocycles. The van der Waals surface area contributed by atoms with Crippen LogP contribution in [0, 0.1) is 3.57 Å². The molecule has 0 saturated carbocycles. The smallest absolute Gasteiger partial charge is 0.0725 e. The fourth-order valence-electron chi connectivity index (χ4n) is 0.685. The van der Waals surface area contributed by atoms with E-state index < -0.39 is 0 Å². The average molecular weight is 321 g/mol. The van der Waals surface area contributed by atoms with Crippen molar-refractivity contribution in [2.75, 3.05) is 0 Å². The van der Waals surface area contributed by atoms with Crippen LogP contribution < -0.4 is 0 Å². The minimum absolute atomic E-state index is 0.465. The van der Waals surface area contributed by atoms with Gasteiger partial charge >= 0.3 is 0 Å². The number of hydrogen-bond donors (Lipinski definition) is 0. The predicted octanol–water partition coefficient (Wildman–Crippen LogP) is 4.34. The fourth-order valence-corrected chi connectivity index (χ4v) is 2.04. The van der Waals surface area contributed by atoms with Gasteiger partial charge in [0.1, 0.15) is 0 Å². The molecule has 0 saturated heterocycles. The molecule has 0 nitrogen and oxygen atoms in total. The van der Waals surface area contributed by atoms with E-state index in [1.807, 2.05) is 6.07 Å². The second kappa shape index (κ2) is 4.17. The van der Waals surface area contributed by atoms with Crippen LogP contribution in [0.2, 0.25) is 10.0 Å². The van der Waals surface area contributed by atoms with Crippen molar-refractivity contribution in [3.05, 3.63) is 31.3 Å². The van der Waals surface area contributed by atoms with Crippen molar-refractivity contribution in [1.82, 2.24) is 0 Å². The molecular weight excluding hydrogens is 317 g/mol. The van der Waals surface area contributed by atoms with E-state index in [4.69, 9.17) is 34.8 Å². The summed E-state index contributed by atoms with van der Waals surface area (Å²) in [5, 5.41) is 1.16. The number of hydrogen-bond acceptors (Lipinski definition) is 0. The summed E-state index contributed by atoms with van der Waals surface area (Å²) in [7, 11) is 0. The van der Waals surface area contributed by atoms with E-state index in [0.717, 1.165) is 9.13 Å². The Morgan fingerprint density at radius 1 is 1.27 bits per heavy atom. The van der Waals surface area contributed by atoms with Gasteiger partial charge in [-0.25, -0.2) is 0 Å². The standard InChI is InChI=1S/C7H4Cl3I/c8-3-4-1-5(9)7(10)6(11)2-4/h1-2H,3H2. The van der Waals surface area contributed by atoms with E-state index >= 15 is 0 Å². The summed E-state index contributed by atoms with van der Waals surface area (Å²) in [6, 6.07) is 3.70. The molecule has 0 aliphatic heterocycles. The molecule has 0 bridgehead atoms. The maximum atomic E-state index is 5.82. The van der Waals surface area contributed by atoms with Crippen molar-refractivity contribution >= 4 is 57.4 Å². The zero-order valence-electron chi connectivity index (χ0n) is 5.37. The highest BCUT2D eigenvalue weighted by Crippen LogP contribution is 2.29. The first-order chi connectivity index (χ1) is 5.15. The Balaban J connectivity index is 3.21. The molecule has 0 atom stereocenters. The highest BCUT2D eigenvalue weighted by Gasteiger charge is 2.03. The van der Waals surface area contributed by atoms with Crippen molar-refractivity contribution in [2.24, 2.45) is 0 Å². The molecule has 0 aliphatic rings. The van der Waals surface area contributed by atoms with Gasteiger partial charge in [-0.15, -0.1) is 11.6 Å². The van der Waals surface area contributed by atoms with Gasteiger partial charge in [-0.05, 0) is 40.3 Å². The summed E-state index contributed by atoms with van der Waals surface area (Å²) in [5.41, 5.74) is 0.991. The summed E-state index contributed by atoms with van der Waals surface area (Å²) in [4.78, 5) is 0. The first kappa shape index (κ1) is 9.90. The zero-order chi connectivity index (χ0) is 8.43. The molecule has 60 valence electrons. The topological polar surface area (TPSA) is 0 Å². The van der Waals surface area contributed by atoms with Gasteiger partial charge in [0.2, 0.25) is 0 Å². The Morgan fingerprint density at radius 2 is 1.91 bits per heavy atom. The molecule has 0 amide bonds. The molecule has 1 rings (SSSR count). The molecule has 4 heteroatoms. The second-order valence-corrected chi connectivity index (χ2v) is 4.22. The van der Waals surface area contributed by atoms with E-state index in [9.17, 15) is 0 Å². The Kier molecular flexibility index (Phi) is 3.75. The number of benzene rings is 1. The molecule has 1 aromatic rings. The third kappa shape index (κ3) is 2.38. The summed E-state index contributed by atoms with van der Waals surface area (Å²) in [6.45, 7) is 0. The van der Waals surface area contributed by atoms with E-state index in [2.05, 4.69) is 22.6 Å². The van der Waals surface area contributed by atoms with Crippen LogP contribution in [0.15, 0.2) is 12.1 Å². The Morgan fingerprint density at radius 3 is 2.36 bits per heavy atom. The lowest BCUT2D eigenvalue weighted by atomic mass is 10.2. The van der Waals surface area contributed by atoms with Crippen LogP contribution in [-0.2, 0) is 5.88 Å². The van der Waals surface area contributed by atoms with Gasteiger partial charge in [0, 0.05) is 9.45 Å². The molecule has 0 N–H and O–H groups in total. The molecule has 0 unspecified atom stereocenters. The lowest BCUT2D eigenvalue weighted by molar-refractivity contribution is 1.39. The van der Waals surface area contributed by atoms with Crippen LogP contribution >= 0.6 is 57.4 Å². The fraction of sp³-hybridized carbons (Fsp3) is 0.143. The van der Waals surface area contributed by atoms with Crippen molar-refractivity contribution in [3.63, 3.8) is 0 Å².